The molecule has 7 nitrogen and oxygen atoms in total. The molecule has 1 saturated heterocycles. The number of hydrogen-bond acceptors (Lipinski definition) is 6. The van der Waals surface area contributed by atoms with Crippen molar-refractivity contribution in [2.24, 2.45) is 4.99 Å². The van der Waals surface area contributed by atoms with Crippen LogP contribution in [0.1, 0.15) is 60.4 Å². The zero-order chi connectivity index (χ0) is 24.9. The number of amidine groups is 1. The van der Waals surface area contributed by atoms with Gasteiger partial charge in [0.1, 0.15) is 11.7 Å². The van der Waals surface area contributed by atoms with Crippen LogP contribution < -0.4 is 16.4 Å². The fraction of sp³-hybridized carbons (Fsp3) is 0.345. The molecule has 3 aromatic rings. The number of anilines is 2. The molecular weight excluding hydrogens is 446 g/mol. The van der Waals surface area contributed by atoms with Gasteiger partial charge in [0.05, 0.1) is 17.6 Å². The first-order valence-corrected chi connectivity index (χ1v) is 12.8. The van der Waals surface area contributed by atoms with Gasteiger partial charge in [0.15, 0.2) is 0 Å². The van der Waals surface area contributed by atoms with Crippen LogP contribution in [-0.4, -0.2) is 46.9 Å². The Morgan fingerprint density at radius 2 is 1.94 bits per heavy atom. The second-order valence-corrected chi connectivity index (χ2v) is 9.65. The summed E-state index contributed by atoms with van der Waals surface area (Å²) < 4.78 is 0. The number of nitrogens with two attached hydrogens (primary N) is 1. The normalized spacial score (nSPS) is 17.4. The van der Waals surface area contributed by atoms with Crippen molar-refractivity contribution in [3.05, 3.63) is 89.9 Å². The molecular formula is C29H35N7. The Labute approximate surface area is 213 Å². The fourth-order valence-corrected chi connectivity index (χ4v) is 4.87. The monoisotopic (exact) mass is 481 g/mol. The fourth-order valence-electron chi connectivity index (χ4n) is 4.87. The van der Waals surface area contributed by atoms with E-state index in [9.17, 15) is 0 Å². The predicted molar refractivity (Wildman–Crippen MR) is 148 cm³/mol. The van der Waals surface area contributed by atoms with Crippen molar-refractivity contribution in [2.75, 3.05) is 37.2 Å². The Kier molecular flexibility index (Phi) is 7.28. The van der Waals surface area contributed by atoms with Gasteiger partial charge in [-0.3, -0.25) is 4.98 Å². The largest absolute Gasteiger partial charge is 0.397 e. The van der Waals surface area contributed by atoms with Crippen molar-refractivity contribution in [3.8, 4) is 0 Å². The van der Waals surface area contributed by atoms with Crippen LogP contribution in [0.3, 0.4) is 0 Å². The van der Waals surface area contributed by atoms with E-state index in [-0.39, 0.29) is 6.04 Å². The van der Waals surface area contributed by atoms with E-state index in [1.54, 1.807) is 12.4 Å². The molecule has 0 spiro atoms. The van der Waals surface area contributed by atoms with E-state index in [1.165, 1.54) is 30.4 Å². The lowest BCUT2D eigenvalue weighted by Gasteiger charge is -2.34. The molecule has 0 bridgehead atoms. The Morgan fingerprint density at radius 1 is 1.17 bits per heavy atom. The molecule has 1 saturated carbocycles. The zero-order valence-electron chi connectivity index (χ0n) is 21.0. The highest BCUT2D eigenvalue weighted by Crippen LogP contribution is 2.39. The van der Waals surface area contributed by atoms with Crippen molar-refractivity contribution >= 4 is 23.0 Å². The van der Waals surface area contributed by atoms with Crippen LogP contribution >= 0.6 is 0 Å². The number of aliphatic imine (C=N–C) groups is 1. The zero-order valence-corrected chi connectivity index (χ0v) is 21.0. The number of rotatable bonds is 7. The van der Waals surface area contributed by atoms with Crippen LogP contribution in [0.25, 0.3) is 5.70 Å². The Hall–Kier alpha value is -3.71. The Balaban J connectivity index is 1.47. The Bertz CT molecular complexity index is 1230. The summed E-state index contributed by atoms with van der Waals surface area (Å²) >= 11 is 0. The summed E-state index contributed by atoms with van der Waals surface area (Å²) in [5.41, 5.74) is 12.3. The average molecular weight is 482 g/mol. The highest BCUT2D eigenvalue weighted by molar-refractivity contribution is 6.06. The summed E-state index contributed by atoms with van der Waals surface area (Å²) in [5.74, 6) is 2.18. The standard InChI is InChI=1S/C29H35N7/c1-20(22-7-4-3-5-8-22)34-27-17-24(11-12-33-27)21(2)35-29(36-15-13-31-14-16-36)28-25(23-9-6-10-23)18-32-19-26(28)30/h3-5,7-8,11-12,17-20,23,31H,2,6,9-10,13-16,30H2,1H3,(H,33,34)/b35-29+/t20-/m1/s1. The molecule has 1 aromatic carbocycles. The maximum absolute atomic E-state index is 6.56. The van der Waals surface area contributed by atoms with Gasteiger partial charge in [-0.05, 0) is 48.9 Å². The van der Waals surface area contributed by atoms with Crippen molar-refractivity contribution in [1.29, 1.82) is 0 Å². The lowest BCUT2D eigenvalue weighted by molar-refractivity contribution is 0.357. The highest BCUT2D eigenvalue weighted by Gasteiger charge is 2.28. The van der Waals surface area contributed by atoms with E-state index in [2.05, 4.69) is 51.1 Å². The summed E-state index contributed by atoms with van der Waals surface area (Å²) in [6.45, 7) is 10.1. The van der Waals surface area contributed by atoms with Crippen LogP contribution in [0.15, 0.2) is 72.6 Å². The van der Waals surface area contributed by atoms with Gasteiger partial charge in [-0.15, -0.1) is 0 Å². The smallest absolute Gasteiger partial charge is 0.139 e. The lowest BCUT2D eigenvalue weighted by Crippen LogP contribution is -2.47. The molecule has 2 aliphatic rings. The Morgan fingerprint density at radius 3 is 2.67 bits per heavy atom. The molecule has 2 fully saturated rings. The number of piperazine rings is 1. The quantitative estimate of drug-likeness (QED) is 0.331. The van der Waals surface area contributed by atoms with E-state index < -0.39 is 0 Å². The molecule has 1 atom stereocenters. The van der Waals surface area contributed by atoms with Crippen LogP contribution in [-0.2, 0) is 0 Å². The number of nitrogens with zero attached hydrogens (tertiary/aromatic N) is 4. The van der Waals surface area contributed by atoms with Gasteiger partial charge in [-0.2, -0.15) is 0 Å². The molecule has 7 heteroatoms. The number of hydrogen-bond donors (Lipinski definition) is 3. The van der Waals surface area contributed by atoms with Crippen molar-refractivity contribution in [1.82, 2.24) is 20.2 Å². The molecule has 0 amide bonds. The number of nitrogens with one attached hydrogen (secondary N) is 2. The second kappa shape index (κ2) is 10.9. The summed E-state index contributed by atoms with van der Waals surface area (Å²) in [5, 5.41) is 6.94. The molecule has 2 aromatic heterocycles. The van der Waals surface area contributed by atoms with Crippen molar-refractivity contribution in [2.45, 2.75) is 38.1 Å². The molecule has 0 radical (unpaired) electrons. The topological polar surface area (TPSA) is 91.5 Å². The summed E-state index contributed by atoms with van der Waals surface area (Å²) in [7, 11) is 0. The average Bonchev–Trinajstić information content (AvgIpc) is 2.88. The first-order chi connectivity index (χ1) is 17.6. The first kappa shape index (κ1) is 24.0. The first-order valence-electron chi connectivity index (χ1n) is 12.8. The second-order valence-electron chi connectivity index (χ2n) is 9.65. The van der Waals surface area contributed by atoms with Crippen LogP contribution in [0.2, 0.25) is 0 Å². The minimum atomic E-state index is 0.128. The van der Waals surface area contributed by atoms with Crippen LogP contribution in [0, 0.1) is 0 Å². The van der Waals surface area contributed by atoms with Gasteiger partial charge in [0.2, 0.25) is 0 Å². The summed E-state index contributed by atoms with van der Waals surface area (Å²) in [4.78, 5) is 16.4. The molecule has 4 N–H and O–H groups in total. The molecule has 5 rings (SSSR count). The highest BCUT2D eigenvalue weighted by atomic mass is 15.2. The van der Waals surface area contributed by atoms with E-state index in [0.29, 0.717) is 17.3 Å². The molecule has 1 aliphatic carbocycles. The third-order valence-corrected chi connectivity index (χ3v) is 7.19. The SMILES string of the molecule is C=C(/N=C(\c1c(N)cncc1C1CCC1)N1CCNCC1)c1ccnc(N[C@H](C)c2ccccc2)c1. The van der Waals surface area contributed by atoms with Crippen molar-refractivity contribution < 1.29 is 0 Å². The lowest BCUT2D eigenvalue weighted by atomic mass is 9.78. The summed E-state index contributed by atoms with van der Waals surface area (Å²) in [6, 6.07) is 14.5. The number of aromatic nitrogens is 2. The molecule has 1 aliphatic heterocycles. The maximum atomic E-state index is 6.56. The molecule has 186 valence electrons. The van der Waals surface area contributed by atoms with E-state index in [4.69, 9.17) is 10.7 Å². The molecule has 0 unspecified atom stereocenters. The van der Waals surface area contributed by atoms with Crippen molar-refractivity contribution in [3.63, 3.8) is 0 Å². The maximum Gasteiger partial charge on any atom is 0.139 e. The number of nitrogen functional groups attached to an aromatic ring is 1. The summed E-state index contributed by atoms with van der Waals surface area (Å²) in [6.07, 6.45) is 9.13. The van der Waals surface area contributed by atoms with Gasteiger partial charge < -0.3 is 21.3 Å². The van der Waals surface area contributed by atoms with Gasteiger partial charge in [0.25, 0.3) is 0 Å². The minimum absolute atomic E-state index is 0.128. The molecule has 3 heterocycles. The predicted octanol–water partition coefficient (Wildman–Crippen LogP) is 4.82. The molecule has 36 heavy (non-hydrogen) atoms. The van der Waals surface area contributed by atoms with E-state index in [0.717, 1.165) is 49.0 Å². The third kappa shape index (κ3) is 5.26. The van der Waals surface area contributed by atoms with Gasteiger partial charge >= 0.3 is 0 Å². The van der Waals surface area contributed by atoms with E-state index >= 15 is 0 Å². The third-order valence-electron chi connectivity index (χ3n) is 7.19. The number of pyridine rings is 2. The minimum Gasteiger partial charge on any atom is -0.397 e. The van der Waals surface area contributed by atoms with Gasteiger partial charge in [-0.25, -0.2) is 9.98 Å². The van der Waals surface area contributed by atoms with E-state index in [1.807, 2.05) is 36.5 Å². The number of benzene rings is 1. The van der Waals surface area contributed by atoms with Crippen LogP contribution in [0.4, 0.5) is 11.5 Å². The van der Waals surface area contributed by atoms with Gasteiger partial charge in [-0.1, -0.05) is 43.3 Å². The van der Waals surface area contributed by atoms with Crippen LogP contribution in [0.5, 0.6) is 0 Å². The van der Waals surface area contributed by atoms with Gasteiger partial charge in [0, 0.05) is 55.7 Å².